The monoisotopic (exact) mass is 275 g/mol. The number of carbonyl (C=O) groups is 1. The first kappa shape index (κ1) is 14.0. The molecule has 0 aliphatic heterocycles. The number of nitrogens with zero attached hydrogens (tertiary/aromatic N) is 2. The van der Waals surface area contributed by atoms with Gasteiger partial charge in [0.2, 0.25) is 0 Å². The first-order valence-electron chi connectivity index (χ1n) is 6.24. The second-order valence-corrected chi connectivity index (χ2v) is 5.24. The molecule has 0 aromatic carbocycles. The molecule has 20 heavy (non-hydrogen) atoms. The van der Waals surface area contributed by atoms with E-state index in [1.165, 1.54) is 6.33 Å². The van der Waals surface area contributed by atoms with Crippen LogP contribution in [-0.2, 0) is 9.53 Å². The number of anilines is 1. The summed E-state index contributed by atoms with van der Waals surface area (Å²) < 4.78 is 10.2. The number of carbonyl (C=O) groups excluding carboxylic acids is 1. The van der Waals surface area contributed by atoms with Crippen molar-refractivity contribution in [1.29, 1.82) is 0 Å². The lowest BCUT2D eigenvalue weighted by molar-refractivity contribution is -0.152. The Morgan fingerprint density at radius 3 is 2.85 bits per heavy atom. The molecule has 0 atom stereocenters. The molecule has 106 valence electrons. The Balaban J connectivity index is 1.97. The minimum absolute atomic E-state index is 0.0547. The van der Waals surface area contributed by atoms with Gasteiger partial charge in [0.1, 0.15) is 24.3 Å². The summed E-state index contributed by atoms with van der Waals surface area (Å²) >= 11 is 0. The van der Waals surface area contributed by atoms with E-state index >= 15 is 0 Å². The molecule has 0 amide bonds. The fourth-order valence-electron chi connectivity index (χ4n) is 1.56. The van der Waals surface area contributed by atoms with Crippen molar-refractivity contribution in [2.45, 2.75) is 26.4 Å². The van der Waals surface area contributed by atoms with Crippen LogP contribution in [0.25, 0.3) is 11.3 Å². The second-order valence-electron chi connectivity index (χ2n) is 5.24. The van der Waals surface area contributed by atoms with Crippen molar-refractivity contribution in [1.82, 2.24) is 9.97 Å². The molecule has 1 N–H and O–H groups in total. The average molecular weight is 275 g/mol. The van der Waals surface area contributed by atoms with Gasteiger partial charge in [-0.15, -0.1) is 0 Å². The van der Waals surface area contributed by atoms with E-state index in [1.807, 2.05) is 20.8 Å². The highest BCUT2D eigenvalue weighted by molar-refractivity contribution is 5.75. The first-order chi connectivity index (χ1) is 9.44. The highest BCUT2D eigenvalue weighted by Gasteiger charge is 2.16. The van der Waals surface area contributed by atoms with Crippen LogP contribution in [0, 0.1) is 0 Å². The molecule has 0 unspecified atom stereocenters. The van der Waals surface area contributed by atoms with Gasteiger partial charge in [0.25, 0.3) is 0 Å². The number of rotatable bonds is 4. The number of ether oxygens (including phenoxy) is 1. The van der Waals surface area contributed by atoms with E-state index in [1.54, 1.807) is 24.7 Å². The van der Waals surface area contributed by atoms with Gasteiger partial charge in [0.05, 0.1) is 18.2 Å². The minimum Gasteiger partial charge on any atom is -0.472 e. The van der Waals surface area contributed by atoms with Gasteiger partial charge in [0, 0.05) is 11.6 Å². The SMILES string of the molecule is CC(C)(C)OC(=O)CNc1cc(-c2ccoc2)ncn1. The van der Waals surface area contributed by atoms with E-state index in [9.17, 15) is 4.79 Å². The quantitative estimate of drug-likeness (QED) is 0.864. The number of nitrogens with one attached hydrogen (secondary N) is 1. The highest BCUT2D eigenvalue weighted by Crippen LogP contribution is 2.18. The fourth-order valence-corrected chi connectivity index (χ4v) is 1.56. The van der Waals surface area contributed by atoms with Crippen LogP contribution in [0.1, 0.15) is 20.8 Å². The van der Waals surface area contributed by atoms with Gasteiger partial charge in [-0.2, -0.15) is 0 Å². The number of furan rings is 1. The molecule has 0 aliphatic rings. The topological polar surface area (TPSA) is 77.2 Å². The molecule has 2 heterocycles. The maximum Gasteiger partial charge on any atom is 0.325 e. The van der Waals surface area contributed by atoms with Gasteiger partial charge in [-0.25, -0.2) is 9.97 Å². The molecule has 0 spiro atoms. The number of esters is 1. The molecule has 0 saturated carbocycles. The number of hydrogen-bond acceptors (Lipinski definition) is 6. The summed E-state index contributed by atoms with van der Waals surface area (Å²) in [7, 11) is 0. The van der Waals surface area contributed by atoms with Crippen LogP contribution in [0.5, 0.6) is 0 Å². The molecule has 0 saturated heterocycles. The normalized spacial score (nSPS) is 11.2. The van der Waals surface area contributed by atoms with Crippen molar-refractivity contribution in [2.75, 3.05) is 11.9 Å². The molecule has 2 aromatic heterocycles. The van der Waals surface area contributed by atoms with Crippen LogP contribution < -0.4 is 5.32 Å². The summed E-state index contributed by atoms with van der Waals surface area (Å²) in [5, 5.41) is 2.91. The summed E-state index contributed by atoms with van der Waals surface area (Å²) in [6.07, 6.45) is 4.60. The number of aromatic nitrogens is 2. The summed E-state index contributed by atoms with van der Waals surface area (Å²) in [6, 6.07) is 3.55. The van der Waals surface area contributed by atoms with Gasteiger partial charge in [-0.3, -0.25) is 4.79 Å². The largest absolute Gasteiger partial charge is 0.472 e. The maximum atomic E-state index is 11.6. The molecule has 0 radical (unpaired) electrons. The van der Waals surface area contributed by atoms with Crippen molar-refractivity contribution in [2.24, 2.45) is 0 Å². The second kappa shape index (κ2) is 5.73. The Hall–Kier alpha value is -2.37. The van der Waals surface area contributed by atoms with E-state index in [0.717, 1.165) is 11.3 Å². The lowest BCUT2D eigenvalue weighted by Gasteiger charge is -2.19. The van der Waals surface area contributed by atoms with Crippen LogP contribution in [0.3, 0.4) is 0 Å². The predicted octanol–water partition coefficient (Wildman–Crippen LogP) is 2.49. The maximum absolute atomic E-state index is 11.6. The highest BCUT2D eigenvalue weighted by atomic mass is 16.6. The van der Waals surface area contributed by atoms with E-state index in [2.05, 4.69) is 15.3 Å². The molecule has 0 bridgehead atoms. The van der Waals surface area contributed by atoms with Gasteiger partial charge in [-0.05, 0) is 26.8 Å². The van der Waals surface area contributed by atoms with Crippen LogP contribution in [0.4, 0.5) is 5.82 Å². The van der Waals surface area contributed by atoms with E-state index in [0.29, 0.717) is 5.82 Å². The molecule has 2 rings (SSSR count). The standard InChI is InChI=1S/C14H17N3O3/c1-14(2,3)20-13(18)7-15-12-6-11(16-9-17-12)10-4-5-19-8-10/h4-6,8-9H,7H2,1-3H3,(H,15,16,17). The van der Waals surface area contributed by atoms with Crippen molar-refractivity contribution in [3.63, 3.8) is 0 Å². The molecule has 2 aromatic rings. The molecular formula is C14H17N3O3. The molecule has 6 heteroatoms. The van der Waals surface area contributed by atoms with Crippen LogP contribution in [-0.4, -0.2) is 28.1 Å². The minimum atomic E-state index is -0.494. The smallest absolute Gasteiger partial charge is 0.325 e. The Bertz CT molecular complexity index is 574. The molecule has 0 fully saturated rings. The Morgan fingerprint density at radius 2 is 2.20 bits per heavy atom. The molecule has 6 nitrogen and oxygen atoms in total. The fraction of sp³-hybridized carbons (Fsp3) is 0.357. The van der Waals surface area contributed by atoms with Gasteiger partial charge in [0.15, 0.2) is 0 Å². The van der Waals surface area contributed by atoms with Crippen LogP contribution in [0.15, 0.2) is 35.4 Å². The zero-order valence-corrected chi connectivity index (χ0v) is 11.7. The molecule has 0 aliphatic carbocycles. The third-order valence-electron chi connectivity index (χ3n) is 2.32. The third-order valence-corrected chi connectivity index (χ3v) is 2.32. The zero-order valence-electron chi connectivity index (χ0n) is 11.7. The molecular weight excluding hydrogens is 258 g/mol. The van der Waals surface area contributed by atoms with Crippen LogP contribution in [0.2, 0.25) is 0 Å². The van der Waals surface area contributed by atoms with E-state index in [-0.39, 0.29) is 12.5 Å². The van der Waals surface area contributed by atoms with Gasteiger partial charge in [-0.1, -0.05) is 0 Å². The summed E-state index contributed by atoms with van der Waals surface area (Å²) in [5.41, 5.74) is 1.08. The predicted molar refractivity (Wildman–Crippen MR) is 74.1 cm³/mol. The summed E-state index contributed by atoms with van der Waals surface area (Å²) in [5.74, 6) is 0.225. The van der Waals surface area contributed by atoms with Crippen molar-refractivity contribution < 1.29 is 13.9 Å². The van der Waals surface area contributed by atoms with E-state index in [4.69, 9.17) is 9.15 Å². The lowest BCUT2D eigenvalue weighted by atomic mass is 10.2. The lowest BCUT2D eigenvalue weighted by Crippen LogP contribution is -2.28. The van der Waals surface area contributed by atoms with Gasteiger partial charge < -0.3 is 14.5 Å². The first-order valence-corrected chi connectivity index (χ1v) is 6.24. The Labute approximate surface area is 117 Å². The van der Waals surface area contributed by atoms with Crippen molar-refractivity contribution in [3.05, 3.63) is 31.0 Å². The van der Waals surface area contributed by atoms with Crippen molar-refractivity contribution in [3.8, 4) is 11.3 Å². The van der Waals surface area contributed by atoms with Crippen molar-refractivity contribution >= 4 is 11.8 Å². The van der Waals surface area contributed by atoms with E-state index < -0.39 is 5.60 Å². The number of hydrogen-bond donors (Lipinski definition) is 1. The summed E-state index contributed by atoms with van der Waals surface area (Å²) in [4.78, 5) is 19.8. The average Bonchev–Trinajstić information content (AvgIpc) is 2.88. The van der Waals surface area contributed by atoms with Crippen LogP contribution >= 0.6 is 0 Å². The van der Waals surface area contributed by atoms with Gasteiger partial charge >= 0.3 is 5.97 Å². The third kappa shape index (κ3) is 4.08. The summed E-state index contributed by atoms with van der Waals surface area (Å²) in [6.45, 7) is 5.53. The Morgan fingerprint density at radius 1 is 1.40 bits per heavy atom. The zero-order chi connectivity index (χ0) is 14.6. The Kier molecular flexibility index (Phi) is 4.02.